The van der Waals surface area contributed by atoms with Crippen LogP contribution in [0.25, 0.3) is 0 Å². The Bertz CT molecular complexity index is 530. The zero-order valence-electron chi connectivity index (χ0n) is 18.7. The minimum atomic E-state index is -0.250. The molecule has 2 atom stereocenters. The molecule has 2 unspecified atom stereocenters. The van der Waals surface area contributed by atoms with Gasteiger partial charge in [0.05, 0.1) is 5.56 Å². The molecule has 0 spiro atoms. The van der Waals surface area contributed by atoms with Crippen molar-refractivity contribution >= 4 is 24.1 Å². The van der Waals surface area contributed by atoms with E-state index in [1.165, 1.54) is 19.3 Å². The third-order valence-corrected chi connectivity index (χ3v) is 4.94. The first kappa shape index (κ1) is 26.7. The van der Waals surface area contributed by atoms with Crippen molar-refractivity contribution in [1.82, 2.24) is 5.32 Å². The van der Waals surface area contributed by atoms with E-state index in [1.807, 2.05) is 31.2 Å². The summed E-state index contributed by atoms with van der Waals surface area (Å²) >= 11 is 0. The fourth-order valence-corrected chi connectivity index (χ4v) is 3.20. The number of halogens is 1. The standard InChI is InChI=1S/C23H40N2O2.ClH/c1-7-25(8-2)22-14-12-21(13-15-22)23(26)27-20(6)17-24-16-19(5)11-9-10-18(3)4;/h12-15,18-20,24H,7-11,16-17H2,1-6H3;1H. The average Bonchev–Trinajstić information content (AvgIpc) is 2.63. The molecule has 0 amide bonds. The van der Waals surface area contributed by atoms with E-state index in [0.29, 0.717) is 18.0 Å². The predicted octanol–water partition coefficient (Wildman–Crippen LogP) is 5.55. The van der Waals surface area contributed by atoms with Gasteiger partial charge >= 0.3 is 5.97 Å². The van der Waals surface area contributed by atoms with E-state index < -0.39 is 0 Å². The van der Waals surface area contributed by atoms with Crippen LogP contribution in [-0.4, -0.2) is 38.3 Å². The van der Waals surface area contributed by atoms with Gasteiger partial charge in [0.25, 0.3) is 0 Å². The molecule has 1 rings (SSSR count). The van der Waals surface area contributed by atoms with Gasteiger partial charge in [-0.05, 0) is 69.8 Å². The predicted molar refractivity (Wildman–Crippen MR) is 123 cm³/mol. The summed E-state index contributed by atoms with van der Waals surface area (Å²) in [6.45, 7) is 16.6. The molecular formula is C23H41ClN2O2. The number of ether oxygens (including phenoxy) is 1. The zero-order valence-corrected chi connectivity index (χ0v) is 19.5. The van der Waals surface area contributed by atoms with Gasteiger partial charge in [0.1, 0.15) is 6.10 Å². The fourth-order valence-electron chi connectivity index (χ4n) is 3.20. The van der Waals surface area contributed by atoms with Gasteiger partial charge < -0.3 is 15.0 Å². The van der Waals surface area contributed by atoms with Crippen LogP contribution in [0.4, 0.5) is 5.69 Å². The lowest BCUT2D eigenvalue weighted by molar-refractivity contribution is 0.0341. The molecule has 0 saturated heterocycles. The average molecular weight is 413 g/mol. The first-order valence-electron chi connectivity index (χ1n) is 10.6. The summed E-state index contributed by atoms with van der Waals surface area (Å²) in [5, 5.41) is 3.44. The molecular weight excluding hydrogens is 372 g/mol. The van der Waals surface area contributed by atoms with Crippen LogP contribution in [0.15, 0.2) is 24.3 Å². The SMILES string of the molecule is CCN(CC)c1ccc(C(=O)OC(C)CNCC(C)CCCC(C)C)cc1.Cl. The van der Waals surface area contributed by atoms with E-state index in [2.05, 4.69) is 44.8 Å². The van der Waals surface area contributed by atoms with Gasteiger partial charge in [0.2, 0.25) is 0 Å². The monoisotopic (exact) mass is 412 g/mol. The Hall–Kier alpha value is -1.26. The van der Waals surface area contributed by atoms with E-state index >= 15 is 0 Å². The summed E-state index contributed by atoms with van der Waals surface area (Å²) in [5.41, 5.74) is 1.75. The summed E-state index contributed by atoms with van der Waals surface area (Å²) in [7, 11) is 0. The van der Waals surface area contributed by atoms with Crippen molar-refractivity contribution in [2.75, 3.05) is 31.1 Å². The van der Waals surface area contributed by atoms with E-state index in [4.69, 9.17) is 4.74 Å². The van der Waals surface area contributed by atoms with Gasteiger partial charge in [-0.2, -0.15) is 0 Å². The molecule has 0 radical (unpaired) electrons. The van der Waals surface area contributed by atoms with E-state index in [9.17, 15) is 4.79 Å². The molecule has 28 heavy (non-hydrogen) atoms. The lowest BCUT2D eigenvalue weighted by Gasteiger charge is -2.21. The minimum absolute atomic E-state index is 0. The summed E-state index contributed by atoms with van der Waals surface area (Å²) in [5.74, 6) is 1.19. The second-order valence-electron chi connectivity index (χ2n) is 8.02. The highest BCUT2D eigenvalue weighted by atomic mass is 35.5. The summed E-state index contributed by atoms with van der Waals surface area (Å²) < 4.78 is 5.57. The molecule has 0 aromatic heterocycles. The highest BCUT2D eigenvalue weighted by molar-refractivity contribution is 5.90. The maximum Gasteiger partial charge on any atom is 0.338 e. The topological polar surface area (TPSA) is 41.6 Å². The maximum absolute atomic E-state index is 12.3. The number of anilines is 1. The number of esters is 1. The Kier molecular flexibility index (Phi) is 14.0. The number of carbonyl (C=O) groups excluding carboxylic acids is 1. The Labute approximate surface area is 178 Å². The van der Waals surface area contributed by atoms with E-state index in [1.54, 1.807) is 0 Å². The van der Waals surface area contributed by atoms with Gasteiger partial charge in [-0.25, -0.2) is 4.79 Å². The molecule has 0 fully saturated rings. The quantitative estimate of drug-likeness (QED) is 0.431. The fraction of sp³-hybridized carbons (Fsp3) is 0.696. The minimum Gasteiger partial charge on any atom is -0.458 e. The number of benzene rings is 1. The van der Waals surface area contributed by atoms with Crippen molar-refractivity contribution in [3.05, 3.63) is 29.8 Å². The van der Waals surface area contributed by atoms with Crippen LogP contribution in [-0.2, 0) is 4.74 Å². The molecule has 162 valence electrons. The number of nitrogens with one attached hydrogen (secondary N) is 1. The van der Waals surface area contributed by atoms with Gasteiger partial charge in [-0.3, -0.25) is 0 Å². The second-order valence-corrected chi connectivity index (χ2v) is 8.02. The van der Waals surface area contributed by atoms with Gasteiger partial charge in [-0.15, -0.1) is 12.4 Å². The van der Waals surface area contributed by atoms with E-state index in [0.717, 1.165) is 31.2 Å². The largest absolute Gasteiger partial charge is 0.458 e. The molecule has 4 nitrogen and oxygen atoms in total. The van der Waals surface area contributed by atoms with Crippen molar-refractivity contribution in [2.24, 2.45) is 11.8 Å². The highest BCUT2D eigenvalue weighted by Gasteiger charge is 2.13. The summed E-state index contributed by atoms with van der Waals surface area (Å²) in [4.78, 5) is 14.6. The van der Waals surface area contributed by atoms with E-state index in [-0.39, 0.29) is 24.5 Å². The van der Waals surface area contributed by atoms with Crippen molar-refractivity contribution < 1.29 is 9.53 Å². The number of hydrogen-bond acceptors (Lipinski definition) is 4. The summed E-state index contributed by atoms with van der Waals surface area (Å²) in [6, 6.07) is 7.69. The van der Waals surface area contributed by atoms with Crippen molar-refractivity contribution in [3.63, 3.8) is 0 Å². The second kappa shape index (κ2) is 14.7. The van der Waals surface area contributed by atoms with Crippen LogP contribution in [0.3, 0.4) is 0 Å². The molecule has 5 heteroatoms. The zero-order chi connectivity index (χ0) is 20.2. The van der Waals surface area contributed by atoms with Gasteiger partial charge in [0.15, 0.2) is 0 Å². The van der Waals surface area contributed by atoms with Crippen molar-refractivity contribution in [3.8, 4) is 0 Å². The number of hydrogen-bond donors (Lipinski definition) is 1. The van der Waals surface area contributed by atoms with Crippen LogP contribution in [0, 0.1) is 11.8 Å². The molecule has 0 heterocycles. The Morgan fingerprint density at radius 3 is 2.14 bits per heavy atom. The lowest BCUT2D eigenvalue weighted by atomic mass is 10.00. The van der Waals surface area contributed by atoms with Crippen molar-refractivity contribution in [1.29, 1.82) is 0 Å². The molecule has 0 aliphatic heterocycles. The first-order valence-corrected chi connectivity index (χ1v) is 10.6. The maximum atomic E-state index is 12.3. The molecule has 1 aromatic rings. The number of nitrogens with zero attached hydrogens (tertiary/aromatic N) is 1. The Morgan fingerprint density at radius 1 is 1.00 bits per heavy atom. The lowest BCUT2D eigenvalue weighted by Crippen LogP contribution is -2.31. The number of carbonyl (C=O) groups is 1. The smallest absolute Gasteiger partial charge is 0.338 e. The van der Waals surface area contributed by atoms with Gasteiger partial charge in [-0.1, -0.05) is 33.6 Å². The molecule has 1 aromatic carbocycles. The third kappa shape index (κ3) is 10.3. The van der Waals surface area contributed by atoms with Gasteiger partial charge in [0, 0.05) is 25.3 Å². The Balaban J connectivity index is 0.00000729. The molecule has 0 bridgehead atoms. The summed E-state index contributed by atoms with van der Waals surface area (Å²) in [6.07, 6.45) is 3.70. The first-order chi connectivity index (χ1) is 12.9. The Morgan fingerprint density at radius 2 is 1.61 bits per heavy atom. The van der Waals surface area contributed by atoms with Crippen LogP contribution >= 0.6 is 12.4 Å². The molecule has 0 aliphatic rings. The molecule has 0 saturated carbocycles. The highest BCUT2D eigenvalue weighted by Crippen LogP contribution is 2.16. The third-order valence-electron chi connectivity index (χ3n) is 4.94. The molecule has 1 N–H and O–H groups in total. The van der Waals surface area contributed by atoms with Crippen LogP contribution in [0.5, 0.6) is 0 Å². The van der Waals surface area contributed by atoms with Crippen LogP contribution in [0.1, 0.15) is 71.2 Å². The number of rotatable bonds is 13. The van der Waals surface area contributed by atoms with Crippen LogP contribution in [0.2, 0.25) is 0 Å². The van der Waals surface area contributed by atoms with Crippen LogP contribution < -0.4 is 10.2 Å². The molecule has 0 aliphatic carbocycles. The van der Waals surface area contributed by atoms with Crippen molar-refractivity contribution in [2.45, 2.75) is 66.9 Å². The normalized spacial score (nSPS) is 13.0.